The van der Waals surface area contributed by atoms with Gasteiger partial charge in [0.2, 0.25) is 0 Å². The Balaban J connectivity index is 0.000000344. The van der Waals surface area contributed by atoms with E-state index in [2.05, 4.69) is 26.6 Å². The van der Waals surface area contributed by atoms with Gasteiger partial charge in [-0.15, -0.1) is 0 Å². The average molecular weight is 475 g/mol. The third-order valence-electron chi connectivity index (χ3n) is 4.34. The van der Waals surface area contributed by atoms with Gasteiger partial charge in [0.25, 0.3) is 0 Å². The largest absolute Gasteiger partial charge is 0.386 e. The zero-order chi connectivity index (χ0) is 25.4. The Morgan fingerprint density at radius 3 is 1.62 bits per heavy atom. The van der Waals surface area contributed by atoms with Crippen LogP contribution in [0.5, 0.6) is 0 Å². The summed E-state index contributed by atoms with van der Waals surface area (Å²) in [6.45, 7) is 9.50. The van der Waals surface area contributed by atoms with Crippen LogP contribution in [0.15, 0.2) is 60.7 Å². The molecular weight excluding hydrogens is 440 g/mol. The fourth-order valence-corrected chi connectivity index (χ4v) is 2.48. The minimum atomic E-state index is -0.708. The number of hydrogen-bond acceptors (Lipinski definition) is 8. The molecule has 0 aliphatic heterocycles. The molecule has 2 aromatic rings. The number of benzene rings is 2. The molecular formula is C26H34O8. The summed E-state index contributed by atoms with van der Waals surface area (Å²) in [7, 11) is 0. The minimum Gasteiger partial charge on any atom is -0.269 e. The minimum absolute atomic E-state index is 0.0940. The molecule has 2 rings (SSSR count). The Morgan fingerprint density at radius 1 is 0.765 bits per heavy atom. The molecule has 1 unspecified atom stereocenters. The van der Waals surface area contributed by atoms with Gasteiger partial charge in [0, 0.05) is 0 Å². The van der Waals surface area contributed by atoms with Crippen molar-refractivity contribution in [2.45, 2.75) is 65.9 Å². The van der Waals surface area contributed by atoms with Crippen molar-refractivity contribution in [1.82, 2.24) is 0 Å². The zero-order valence-corrected chi connectivity index (χ0v) is 20.4. The number of carbonyl (C=O) groups excluding carboxylic acids is 3. The average Bonchev–Trinajstić information content (AvgIpc) is 2.83. The molecule has 34 heavy (non-hydrogen) atoms. The van der Waals surface area contributed by atoms with Crippen LogP contribution in [0.4, 0.5) is 0 Å². The van der Waals surface area contributed by atoms with Crippen molar-refractivity contribution in [3.63, 3.8) is 0 Å². The van der Waals surface area contributed by atoms with Crippen molar-refractivity contribution in [2.75, 3.05) is 0 Å². The van der Waals surface area contributed by atoms with Crippen LogP contribution < -0.4 is 0 Å². The second-order valence-corrected chi connectivity index (χ2v) is 8.39. The van der Waals surface area contributed by atoms with Gasteiger partial charge in [0.15, 0.2) is 0 Å². The maximum absolute atomic E-state index is 11.5. The number of rotatable bonds is 9. The zero-order valence-electron chi connectivity index (χ0n) is 20.4. The van der Waals surface area contributed by atoms with Gasteiger partial charge < -0.3 is 0 Å². The van der Waals surface area contributed by atoms with E-state index >= 15 is 0 Å². The van der Waals surface area contributed by atoms with Crippen LogP contribution in [0.3, 0.4) is 0 Å². The van der Waals surface area contributed by atoms with Crippen LogP contribution in [0.2, 0.25) is 0 Å². The number of carbonyl (C=O) groups is 3. The molecule has 0 amide bonds. The first-order valence-corrected chi connectivity index (χ1v) is 11.3. The van der Waals surface area contributed by atoms with Crippen molar-refractivity contribution in [1.29, 1.82) is 0 Å². The maximum atomic E-state index is 11.5. The summed E-state index contributed by atoms with van der Waals surface area (Å²) in [6, 6.07) is 16.6. The molecule has 0 heterocycles. The lowest BCUT2D eigenvalue weighted by atomic mass is 10.00. The van der Waals surface area contributed by atoms with E-state index in [0.29, 0.717) is 11.1 Å². The molecule has 2 aromatic carbocycles. The van der Waals surface area contributed by atoms with E-state index in [1.54, 1.807) is 60.7 Å². The van der Waals surface area contributed by atoms with Crippen LogP contribution in [0.1, 0.15) is 81.0 Å². The van der Waals surface area contributed by atoms with Gasteiger partial charge in [0.1, 0.15) is 0 Å². The van der Waals surface area contributed by atoms with E-state index < -0.39 is 17.5 Å². The number of hydrogen-bond donors (Lipinski definition) is 0. The van der Waals surface area contributed by atoms with Gasteiger partial charge in [-0.1, -0.05) is 63.1 Å². The van der Waals surface area contributed by atoms with Gasteiger partial charge in [-0.2, -0.15) is 4.89 Å². The highest BCUT2D eigenvalue weighted by Gasteiger charge is 2.20. The Bertz CT molecular complexity index is 808. The summed E-state index contributed by atoms with van der Waals surface area (Å²) in [6.07, 6.45) is 3.69. The lowest BCUT2D eigenvalue weighted by molar-refractivity contribution is -0.515. The molecule has 0 aliphatic rings. The predicted molar refractivity (Wildman–Crippen MR) is 125 cm³/mol. The summed E-state index contributed by atoms with van der Waals surface area (Å²) >= 11 is 0. The van der Waals surface area contributed by atoms with Crippen LogP contribution in [0, 0.1) is 5.92 Å². The van der Waals surface area contributed by atoms with E-state index in [-0.39, 0.29) is 11.9 Å². The molecule has 0 fully saturated rings. The highest BCUT2D eigenvalue weighted by molar-refractivity contribution is 5.92. The first kappa shape index (κ1) is 28.8. The molecule has 0 spiro atoms. The Labute approximate surface area is 200 Å². The van der Waals surface area contributed by atoms with Crippen molar-refractivity contribution in [3.05, 3.63) is 71.8 Å². The summed E-state index contributed by atoms with van der Waals surface area (Å²) in [5.41, 5.74) is 0.155. The third kappa shape index (κ3) is 12.1. The maximum Gasteiger partial charge on any atom is 0.386 e. The Morgan fingerprint density at radius 2 is 1.24 bits per heavy atom. The Hall–Kier alpha value is -3.23. The van der Waals surface area contributed by atoms with Gasteiger partial charge in [-0.05, 0) is 62.9 Å². The standard InChI is InChI=1S/C14H10O4.C12H24O4/c15-13(11-7-3-1-4-8-11)17-18-14(16)12-9-5-2-6-10-12;1-6-8-9-10(7-2)11(13)14-16-15-12(3,4)5/h1-10H;10H,6-9H2,1-5H3. The molecule has 0 saturated carbocycles. The smallest absolute Gasteiger partial charge is 0.269 e. The molecule has 0 radical (unpaired) electrons. The second kappa shape index (κ2) is 15.6. The summed E-state index contributed by atoms with van der Waals surface area (Å²) in [5.74, 6) is -1.86. The molecule has 186 valence electrons. The fraction of sp³-hybridized carbons (Fsp3) is 0.423. The molecule has 0 aliphatic carbocycles. The Kier molecular flexibility index (Phi) is 13.2. The van der Waals surface area contributed by atoms with Gasteiger partial charge in [-0.3, -0.25) is 4.89 Å². The number of unbranched alkanes of at least 4 members (excludes halogenated alkanes) is 1. The lowest BCUT2D eigenvalue weighted by Gasteiger charge is -2.17. The molecule has 8 nitrogen and oxygen atoms in total. The van der Waals surface area contributed by atoms with Crippen LogP contribution in [0.25, 0.3) is 0 Å². The SMILES string of the molecule is CCCCC(CC)C(=O)OOOC(C)(C)C.O=C(OOC(=O)c1ccccc1)c1ccccc1. The van der Waals surface area contributed by atoms with Crippen molar-refractivity contribution >= 4 is 17.9 Å². The van der Waals surface area contributed by atoms with E-state index in [0.717, 1.165) is 25.7 Å². The van der Waals surface area contributed by atoms with Crippen LogP contribution in [-0.4, -0.2) is 23.5 Å². The summed E-state index contributed by atoms with van der Waals surface area (Å²) < 4.78 is 0. The molecule has 0 bridgehead atoms. The third-order valence-corrected chi connectivity index (χ3v) is 4.34. The van der Waals surface area contributed by atoms with E-state index in [1.807, 2.05) is 27.7 Å². The second-order valence-electron chi connectivity index (χ2n) is 8.39. The van der Waals surface area contributed by atoms with E-state index in [9.17, 15) is 14.4 Å². The quantitative estimate of drug-likeness (QED) is 0.321. The highest BCUT2D eigenvalue weighted by Crippen LogP contribution is 2.15. The van der Waals surface area contributed by atoms with E-state index in [4.69, 9.17) is 4.89 Å². The van der Waals surface area contributed by atoms with Gasteiger partial charge in [-0.25, -0.2) is 24.2 Å². The molecule has 0 saturated heterocycles. The van der Waals surface area contributed by atoms with Crippen molar-refractivity contribution < 1.29 is 39.0 Å². The molecule has 0 N–H and O–H groups in total. The van der Waals surface area contributed by atoms with Gasteiger partial charge in [0.05, 0.1) is 22.6 Å². The molecule has 8 heteroatoms. The highest BCUT2D eigenvalue weighted by atomic mass is 17.5. The lowest BCUT2D eigenvalue weighted by Crippen LogP contribution is -2.23. The fourth-order valence-electron chi connectivity index (χ4n) is 2.48. The first-order chi connectivity index (χ1) is 16.2. The monoisotopic (exact) mass is 474 g/mol. The van der Waals surface area contributed by atoms with E-state index in [1.165, 1.54) is 0 Å². The van der Waals surface area contributed by atoms with Crippen molar-refractivity contribution in [3.8, 4) is 0 Å². The molecule has 1 atom stereocenters. The first-order valence-electron chi connectivity index (χ1n) is 11.3. The molecule has 0 aromatic heterocycles. The summed E-state index contributed by atoms with van der Waals surface area (Å²) in [4.78, 5) is 52.9. The predicted octanol–water partition coefficient (Wildman–Crippen LogP) is 6.02. The normalized spacial score (nSPS) is 11.4. The summed E-state index contributed by atoms with van der Waals surface area (Å²) in [5, 5.41) is 4.47. The topological polar surface area (TPSA) is 97.4 Å². The van der Waals surface area contributed by atoms with Gasteiger partial charge >= 0.3 is 17.9 Å². The van der Waals surface area contributed by atoms with Crippen LogP contribution in [-0.2, 0) is 29.4 Å². The van der Waals surface area contributed by atoms with Crippen LogP contribution >= 0.6 is 0 Å². The van der Waals surface area contributed by atoms with Crippen molar-refractivity contribution in [2.24, 2.45) is 5.92 Å².